The van der Waals surface area contributed by atoms with Gasteiger partial charge < -0.3 is 14.6 Å². The molecular formula is C19H20FN3O4. The number of furan rings is 1. The first kappa shape index (κ1) is 18.6. The summed E-state index contributed by atoms with van der Waals surface area (Å²) in [7, 11) is 1.57. The van der Waals surface area contributed by atoms with Crippen LogP contribution in [0.2, 0.25) is 0 Å². The number of nitrogens with one attached hydrogen (secondary N) is 1. The fourth-order valence-electron chi connectivity index (χ4n) is 3.00. The van der Waals surface area contributed by atoms with E-state index in [1.54, 1.807) is 38.2 Å². The zero-order chi connectivity index (χ0) is 19.8. The van der Waals surface area contributed by atoms with E-state index >= 15 is 0 Å². The molecular weight excluding hydrogens is 353 g/mol. The van der Waals surface area contributed by atoms with Gasteiger partial charge in [-0.3, -0.25) is 14.5 Å². The summed E-state index contributed by atoms with van der Waals surface area (Å²) in [6.07, 6.45) is 1.41. The molecule has 3 rings (SSSR count). The van der Waals surface area contributed by atoms with Crippen LogP contribution < -0.4 is 5.32 Å². The second kappa shape index (κ2) is 6.86. The number of carbonyl (C=O) groups excluding carboxylic acids is 3. The van der Waals surface area contributed by atoms with Crippen molar-refractivity contribution in [3.63, 3.8) is 0 Å². The van der Waals surface area contributed by atoms with Crippen LogP contribution in [0.25, 0.3) is 0 Å². The standard InChI is InChI=1S/C19H20FN3O4/c1-12(13-6-8-14(20)9-7-13)22(3)16(24)11-23-17(25)19(2,21-18(23)26)15-5-4-10-27-15/h4-10,12H,11H2,1-3H3,(H,21,26). The first-order chi connectivity index (χ1) is 12.7. The summed E-state index contributed by atoms with van der Waals surface area (Å²) in [5.74, 6) is -1.04. The summed E-state index contributed by atoms with van der Waals surface area (Å²) in [4.78, 5) is 39.9. The van der Waals surface area contributed by atoms with Crippen molar-refractivity contribution in [2.75, 3.05) is 13.6 Å². The molecule has 2 aromatic rings. The van der Waals surface area contributed by atoms with Crippen LogP contribution in [0, 0.1) is 5.82 Å². The molecule has 4 amide bonds. The van der Waals surface area contributed by atoms with Crippen LogP contribution >= 0.6 is 0 Å². The number of carbonyl (C=O) groups is 3. The molecule has 0 bridgehead atoms. The number of nitrogens with zero attached hydrogens (tertiary/aromatic N) is 2. The molecule has 1 fully saturated rings. The molecule has 142 valence electrons. The Morgan fingerprint density at radius 1 is 1.30 bits per heavy atom. The Hall–Kier alpha value is -3.16. The second-order valence-electron chi connectivity index (χ2n) is 6.66. The highest BCUT2D eigenvalue weighted by atomic mass is 19.1. The lowest BCUT2D eigenvalue weighted by atomic mass is 9.99. The van der Waals surface area contributed by atoms with Crippen LogP contribution in [0.15, 0.2) is 47.1 Å². The van der Waals surface area contributed by atoms with Crippen LogP contribution in [0.3, 0.4) is 0 Å². The Balaban J connectivity index is 1.72. The Morgan fingerprint density at radius 2 is 1.96 bits per heavy atom. The largest absolute Gasteiger partial charge is 0.466 e. The van der Waals surface area contributed by atoms with Gasteiger partial charge in [-0.2, -0.15) is 0 Å². The van der Waals surface area contributed by atoms with Gasteiger partial charge in [-0.05, 0) is 43.7 Å². The lowest BCUT2D eigenvalue weighted by Crippen LogP contribution is -2.44. The number of hydrogen-bond donors (Lipinski definition) is 1. The smallest absolute Gasteiger partial charge is 0.325 e. The van der Waals surface area contributed by atoms with Crippen molar-refractivity contribution in [1.82, 2.24) is 15.1 Å². The lowest BCUT2D eigenvalue weighted by molar-refractivity contribution is -0.139. The number of amides is 4. The molecule has 0 saturated carbocycles. The molecule has 8 heteroatoms. The van der Waals surface area contributed by atoms with Crippen molar-refractivity contribution >= 4 is 17.8 Å². The number of hydrogen-bond acceptors (Lipinski definition) is 4. The fraction of sp³-hybridized carbons (Fsp3) is 0.316. The van der Waals surface area contributed by atoms with Gasteiger partial charge in [-0.1, -0.05) is 12.1 Å². The van der Waals surface area contributed by atoms with Crippen molar-refractivity contribution in [3.05, 3.63) is 59.8 Å². The van der Waals surface area contributed by atoms with Crippen molar-refractivity contribution in [3.8, 4) is 0 Å². The van der Waals surface area contributed by atoms with Crippen LogP contribution in [0.5, 0.6) is 0 Å². The van der Waals surface area contributed by atoms with Gasteiger partial charge in [-0.25, -0.2) is 9.18 Å². The molecule has 27 heavy (non-hydrogen) atoms. The minimum Gasteiger partial charge on any atom is -0.466 e. The molecule has 1 aromatic carbocycles. The maximum atomic E-state index is 13.1. The third-order valence-electron chi connectivity index (χ3n) is 4.91. The third kappa shape index (κ3) is 3.30. The van der Waals surface area contributed by atoms with E-state index < -0.39 is 29.9 Å². The predicted octanol–water partition coefficient (Wildman–Crippen LogP) is 2.41. The molecule has 2 atom stereocenters. The molecule has 1 aliphatic heterocycles. The van der Waals surface area contributed by atoms with Crippen LogP contribution in [-0.4, -0.2) is 41.2 Å². The zero-order valence-electron chi connectivity index (χ0n) is 15.2. The summed E-state index contributed by atoms with van der Waals surface area (Å²) < 4.78 is 18.3. The average molecular weight is 373 g/mol. The summed E-state index contributed by atoms with van der Waals surface area (Å²) in [6, 6.07) is 8.01. The van der Waals surface area contributed by atoms with Crippen LogP contribution in [0.4, 0.5) is 9.18 Å². The van der Waals surface area contributed by atoms with Crippen molar-refractivity contribution in [2.45, 2.75) is 25.4 Å². The molecule has 0 aliphatic carbocycles. The monoisotopic (exact) mass is 373 g/mol. The highest BCUT2D eigenvalue weighted by Gasteiger charge is 2.51. The molecule has 0 spiro atoms. The number of benzene rings is 1. The maximum absolute atomic E-state index is 13.1. The summed E-state index contributed by atoms with van der Waals surface area (Å²) in [5.41, 5.74) is -0.605. The molecule has 2 heterocycles. The molecule has 1 aromatic heterocycles. The van der Waals surface area contributed by atoms with Gasteiger partial charge in [0.25, 0.3) is 5.91 Å². The zero-order valence-corrected chi connectivity index (χ0v) is 15.2. The van der Waals surface area contributed by atoms with Gasteiger partial charge in [0, 0.05) is 7.05 Å². The Bertz CT molecular complexity index is 866. The first-order valence-corrected chi connectivity index (χ1v) is 8.43. The Morgan fingerprint density at radius 3 is 2.56 bits per heavy atom. The van der Waals surface area contributed by atoms with E-state index in [0.717, 1.165) is 10.5 Å². The van der Waals surface area contributed by atoms with Crippen LogP contribution in [0.1, 0.15) is 31.2 Å². The van der Waals surface area contributed by atoms with E-state index in [-0.39, 0.29) is 11.9 Å². The summed E-state index contributed by atoms with van der Waals surface area (Å²) in [6.45, 7) is 2.91. The third-order valence-corrected chi connectivity index (χ3v) is 4.91. The predicted molar refractivity (Wildman–Crippen MR) is 93.9 cm³/mol. The van der Waals surface area contributed by atoms with E-state index in [0.29, 0.717) is 5.76 Å². The van der Waals surface area contributed by atoms with Crippen molar-refractivity contribution in [1.29, 1.82) is 0 Å². The van der Waals surface area contributed by atoms with Gasteiger partial charge in [0.15, 0.2) is 5.54 Å². The SMILES string of the molecule is CC(c1ccc(F)cc1)N(C)C(=O)CN1C(=O)NC(C)(c2ccco2)C1=O. The second-order valence-corrected chi connectivity index (χ2v) is 6.66. The van der Waals surface area contributed by atoms with Crippen LogP contribution in [-0.2, 0) is 15.1 Å². The molecule has 2 unspecified atom stereocenters. The highest BCUT2D eigenvalue weighted by molar-refractivity contribution is 6.08. The number of urea groups is 1. The number of rotatable bonds is 5. The first-order valence-electron chi connectivity index (χ1n) is 8.43. The quantitative estimate of drug-likeness (QED) is 0.816. The normalized spacial score (nSPS) is 20.5. The molecule has 1 saturated heterocycles. The molecule has 1 N–H and O–H groups in total. The van der Waals surface area contributed by atoms with E-state index in [1.807, 2.05) is 0 Å². The maximum Gasteiger partial charge on any atom is 0.325 e. The Labute approximate surface area is 155 Å². The minimum atomic E-state index is -1.35. The summed E-state index contributed by atoms with van der Waals surface area (Å²) >= 11 is 0. The van der Waals surface area contributed by atoms with Gasteiger partial charge >= 0.3 is 6.03 Å². The molecule has 1 aliphatic rings. The van der Waals surface area contributed by atoms with E-state index in [9.17, 15) is 18.8 Å². The lowest BCUT2D eigenvalue weighted by Gasteiger charge is -2.27. The number of halogens is 1. The number of imide groups is 1. The highest BCUT2D eigenvalue weighted by Crippen LogP contribution is 2.29. The average Bonchev–Trinajstić information content (AvgIpc) is 3.25. The van der Waals surface area contributed by atoms with E-state index in [1.165, 1.54) is 30.2 Å². The molecule has 7 nitrogen and oxygen atoms in total. The van der Waals surface area contributed by atoms with Gasteiger partial charge in [-0.15, -0.1) is 0 Å². The molecule has 0 radical (unpaired) electrons. The van der Waals surface area contributed by atoms with E-state index in [4.69, 9.17) is 4.42 Å². The Kier molecular flexibility index (Phi) is 4.73. The van der Waals surface area contributed by atoms with Gasteiger partial charge in [0.2, 0.25) is 5.91 Å². The minimum absolute atomic E-state index is 0.295. The van der Waals surface area contributed by atoms with E-state index in [2.05, 4.69) is 5.32 Å². The van der Waals surface area contributed by atoms with Crippen molar-refractivity contribution in [2.24, 2.45) is 0 Å². The van der Waals surface area contributed by atoms with Gasteiger partial charge in [0.05, 0.1) is 12.3 Å². The fourth-order valence-corrected chi connectivity index (χ4v) is 3.00. The topological polar surface area (TPSA) is 82.9 Å². The summed E-state index contributed by atoms with van der Waals surface area (Å²) in [5, 5.41) is 2.58. The van der Waals surface area contributed by atoms with Gasteiger partial charge in [0.1, 0.15) is 18.1 Å². The number of likely N-dealkylation sites (N-methyl/N-ethyl adjacent to an activating group) is 1. The van der Waals surface area contributed by atoms with Crippen molar-refractivity contribution < 1.29 is 23.2 Å².